The maximum absolute atomic E-state index is 13.3. The van der Waals surface area contributed by atoms with Crippen LogP contribution in [-0.2, 0) is 22.7 Å². The van der Waals surface area contributed by atoms with Gasteiger partial charge in [0.1, 0.15) is 0 Å². The average molecular weight is 469 g/mol. The molecule has 0 aliphatic heterocycles. The monoisotopic (exact) mass is 468 g/mol. The van der Waals surface area contributed by atoms with Crippen LogP contribution < -0.4 is 4.72 Å². The fourth-order valence-corrected chi connectivity index (χ4v) is 4.04. The highest BCUT2D eigenvalue weighted by Gasteiger charge is 2.38. The Morgan fingerprint density at radius 2 is 1.94 bits per heavy atom. The molecule has 0 aliphatic carbocycles. The van der Waals surface area contributed by atoms with Gasteiger partial charge in [-0.25, -0.2) is 13.1 Å². The Labute approximate surface area is 179 Å². The summed E-state index contributed by atoms with van der Waals surface area (Å²) in [6, 6.07) is 10.3. The Balaban J connectivity index is 1.85. The Bertz CT molecular complexity index is 1300. The molecule has 0 atom stereocenters. The van der Waals surface area contributed by atoms with E-state index < -0.39 is 32.6 Å². The van der Waals surface area contributed by atoms with Gasteiger partial charge in [0.15, 0.2) is 0 Å². The zero-order valence-corrected chi connectivity index (χ0v) is 17.0. The lowest BCUT2D eigenvalue weighted by atomic mass is 10.1. The lowest BCUT2D eigenvalue weighted by molar-refractivity contribution is -0.139. The van der Waals surface area contributed by atoms with Crippen molar-refractivity contribution >= 4 is 27.5 Å². The highest BCUT2D eigenvalue weighted by Crippen LogP contribution is 2.34. The van der Waals surface area contributed by atoms with Gasteiger partial charge in [-0.3, -0.25) is 9.48 Å². The number of rotatable bonds is 5. The molecule has 0 unspecified atom stereocenters. The molecule has 0 fully saturated rings. The number of nitrogens with one attached hydrogen (secondary N) is 1. The number of nitriles is 1. The van der Waals surface area contributed by atoms with Crippen molar-refractivity contribution in [2.45, 2.75) is 17.6 Å². The minimum absolute atomic E-state index is 0.183. The van der Waals surface area contributed by atoms with Crippen molar-refractivity contribution in [3.8, 4) is 6.07 Å². The Hall–Kier alpha value is -3.36. The number of amides is 1. The van der Waals surface area contributed by atoms with Crippen LogP contribution in [0, 0.1) is 11.3 Å². The summed E-state index contributed by atoms with van der Waals surface area (Å²) >= 11 is 6.06. The van der Waals surface area contributed by atoms with Crippen LogP contribution in [0.4, 0.5) is 13.2 Å². The number of halogens is 4. The number of benzene rings is 2. The molecule has 31 heavy (non-hydrogen) atoms. The van der Waals surface area contributed by atoms with Crippen LogP contribution in [0.5, 0.6) is 0 Å². The number of nitrogens with zero attached hydrogens (tertiary/aromatic N) is 3. The summed E-state index contributed by atoms with van der Waals surface area (Å²) in [7, 11) is -4.89. The first-order chi connectivity index (χ1) is 14.5. The molecule has 1 N–H and O–H groups in total. The van der Waals surface area contributed by atoms with Crippen LogP contribution in [0.3, 0.4) is 0 Å². The molecule has 2 aromatic carbocycles. The van der Waals surface area contributed by atoms with Gasteiger partial charge in [0.05, 0.1) is 40.4 Å². The van der Waals surface area contributed by atoms with E-state index >= 15 is 0 Å². The van der Waals surface area contributed by atoms with Crippen LogP contribution in [0.2, 0.25) is 5.02 Å². The number of hydrogen-bond acceptors (Lipinski definition) is 5. The molecule has 0 saturated heterocycles. The topological polar surface area (TPSA) is 105 Å². The van der Waals surface area contributed by atoms with E-state index in [9.17, 15) is 26.4 Å². The molecular weight excluding hydrogens is 457 g/mol. The molecule has 1 amide bonds. The first-order valence-corrected chi connectivity index (χ1v) is 10.3. The molecule has 0 spiro atoms. The van der Waals surface area contributed by atoms with Gasteiger partial charge in [0.25, 0.3) is 15.9 Å². The van der Waals surface area contributed by atoms with Crippen LogP contribution >= 0.6 is 11.6 Å². The second-order valence-electron chi connectivity index (χ2n) is 6.27. The Kier molecular flexibility index (Phi) is 6.06. The van der Waals surface area contributed by atoms with Gasteiger partial charge < -0.3 is 0 Å². The van der Waals surface area contributed by atoms with Crippen molar-refractivity contribution in [3.63, 3.8) is 0 Å². The third-order valence-corrected chi connectivity index (χ3v) is 5.87. The molecule has 7 nitrogen and oxygen atoms in total. The highest BCUT2D eigenvalue weighted by atomic mass is 35.5. The zero-order valence-electron chi connectivity index (χ0n) is 15.4. The first-order valence-electron chi connectivity index (χ1n) is 8.45. The second-order valence-corrected chi connectivity index (χ2v) is 8.33. The molecule has 0 saturated carbocycles. The van der Waals surface area contributed by atoms with E-state index in [0.29, 0.717) is 22.7 Å². The molecular formula is C19H12ClF3N4O3S. The minimum Gasteiger partial charge on any atom is -0.268 e. The van der Waals surface area contributed by atoms with Gasteiger partial charge in [0, 0.05) is 11.2 Å². The zero-order chi connectivity index (χ0) is 22.8. The van der Waals surface area contributed by atoms with Gasteiger partial charge in [-0.2, -0.15) is 23.5 Å². The van der Waals surface area contributed by atoms with E-state index in [1.807, 2.05) is 0 Å². The van der Waals surface area contributed by atoms with Crippen molar-refractivity contribution < 1.29 is 26.4 Å². The number of sulfonamides is 1. The number of aromatic nitrogens is 2. The molecule has 0 radical (unpaired) electrons. The van der Waals surface area contributed by atoms with Gasteiger partial charge in [0.2, 0.25) is 0 Å². The smallest absolute Gasteiger partial charge is 0.268 e. The largest absolute Gasteiger partial charge is 0.417 e. The molecule has 1 aromatic heterocycles. The minimum atomic E-state index is -5.06. The molecule has 0 bridgehead atoms. The Morgan fingerprint density at radius 3 is 2.58 bits per heavy atom. The summed E-state index contributed by atoms with van der Waals surface area (Å²) in [5, 5.41) is 13.2. The van der Waals surface area contributed by atoms with Crippen LogP contribution in [0.15, 0.2) is 59.8 Å². The first kappa shape index (κ1) is 22.3. The highest BCUT2D eigenvalue weighted by molar-refractivity contribution is 7.90. The van der Waals surface area contributed by atoms with E-state index in [2.05, 4.69) is 5.10 Å². The normalized spacial score (nSPS) is 11.7. The lowest BCUT2D eigenvalue weighted by Gasteiger charge is -2.14. The number of alkyl halides is 3. The second kappa shape index (κ2) is 8.41. The van der Waals surface area contributed by atoms with E-state index in [1.54, 1.807) is 29.0 Å². The summed E-state index contributed by atoms with van der Waals surface area (Å²) in [6.45, 7) is 0.188. The summed E-state index contributed by atoms with van der Waals surface area (Å²) in [4.78, 5) is 11.2. The van der Waals surface area contributed by atoms with Gasteiger partial charge >= 0.3 is 6.18 Å². The summed E-state index contributed by atoms with van der Waals surface area (Å²) in [5.41, 5.74) is -1.42. The predicted molar refractivity (Wildman–Crippen MR) is 104 cm³/mol. The quantitative estimate of drug-likeness (QED) is 0.616. The van der Waals surface area contributed by atoms with Gasteiger partial charge in [-0.05, 0) is 29.8 Å². The fraction of sp³-hybridized carbons (Fsp3) is 0.105. The van der Waals surface area contributed by atoms with E-state index in [0.717, 1.165) is 12.3 Å². The van der Waals surface area contributed by atoms with Crippen molar-refractivity contribution in [2.24, 2.45) is 0 Å². The third kappa shape index (κ3) is 5.04. The summed E-state index contributed by atoms with van der Waals surface area (Å²) < 4.78 is 67.7. The SMILES string of the molecule is N#Cc1ccc(S(=O)(=O)NC(=O)c2cnn(Cc3ccccc3Cl)c2)c(C(F)(F)F)c1. The standard InChI is InChI=1S/C19H12ClF3N4O3S/c20-16-4-2-1-3-13(16)10-27-11-14(9-25-27)18(28)26-31(29,30)17-6-5-12(8-24)7-15(17)19(21,22)23/h1-7,9,11H,10H2,(H,26,28). The number of hydrogen-bond donors (Lipinski definition) is 1. The van der Waals surface area contributed by atoms with Crippen molar-refractivity contribution in [1.29, 1.82) is 5.26 Å². The maximum atomic E-state index is 13.3. The van der Waals surface area contributed by atoms with Crippen LogP contribution in [0.1, 0.15) is 27.0 Å². The van der Waals surface area contributed by atoms with Crippen molar-refractivity contribution in [1.82, 2.24) is 14.5 Å². The summed E-state index contributed by atoms with van der Waals surface area (Å²) in [5.74, 6) is -1.16. The van der Waals surface area contributed by atoms with E-state index in [4.69, 9.17) is 16.9 Å². The van der Waals surface area contributed by atoms with E-state index in [1.165, 1.54) is 16.9 Å². The average Bonchev–Trinajstić information content (AvgIpc) is 3.17. The molecule has 12 heteroatoms. The van der Waals surface area contributed by atoms with Gasteiger partial charge in [-0.15, -0.1) is 0 Å². The third-order valence-electron chi connectivity index (χ3n) is 4.12. The molecule has 3 rings (SSSR count). The molecule has 1 heterocycles. The lowest BCUT2D eigenvalue weighted by Crippen LogP contribution is -2.32. The molecule has 160 valence electrons. The van der Waals surface area contributed by atoms with E-state index in [-0.39, 0.29) is 17.7 Å². The molecule has 0 aliphatic rings. The summed E-state index contributed by atoms with van der Waals surface area (Å²) in [6.07, 6.45) is -2.75. The van der Waals surface area contributed by atoms with Gasteiger partial charge in [-0.1, -0.05) is 29.8 Å². The fourth-order valence-electron chi connectivity index (χ4n) is 2.66. The number of carbonyl (C=O) groups is 1. The molecule has 3 aromatic rings. The predicted octanol–water partition coefficient (Wildman–Crippen LogP) is 3.59. The van der Waals surface area contributed by atoms with Crippen molar-refractivity contribution in [2.75, 3.05) is 0 Å². The van der Waals surface area contributed by atoms with Crippen molar-refractivity contribution in [3.05, 3.63) is 82.1 Å². The maximum Gasteiger partial charge on any atom is 0.417 e. The van der Waals surface area contributed by atoms with Crippen LogP contribution in [0.25, 0.3) is 0 Å². The number of carbonyl (C=O) groups excluding carboxylic acids is 1. The Morgan fingerprint density at radius 1 is 1.23 bits per heavy atom. The van der Waals surface area contributed by atoms with Crippen LogP contribution in [-0.4, -0.2) is 24.1 Å².